The zero-order valence-corrected chi connectivity index (χ0v) is 12.1. The lowest BCUT2D eigenvalue weighted by atomic mass is 10.1. The number of benzene rings is 1. The number of methoxy groups -OCH3 is 1. The highest BCUT2D eigenvalue weighted by atomic mass is 32.1. The molecule has 1 aromatic carbocycles. The fourth-order valence-electron chi connectivity index (χ4n) is 1.92. The molecule has 1 heterocycles. The van der Waals surface area contributed by atoms with Gasteiger partial charge in [0.2, 0.25) is 0 Å². The van der Waals surface area contributed by atoms with Gasteiger partial charge in [0.1, 0.15) is 0 Å². The number of ether oxygens (including phenoxy) is 1. The summed E-state index contributed by atoms with van der Waals surface area (Å²) >= 11 is 1.74. The van der Waals surface area contributed by atoms with E-state index in [0.29, 0.717) is 5.56 Å². The maximum Gasteiger partial charge on any atom is 0.338 e. The molecular weight excluding hydrogens is 258 g/mol. The smallest absolute Gasteiger partial charge is 0.338 e. The Hall–Kier alpha value is -1.81. The van der Waals surface area contributed by atoms with E-state index in [-0.39, 0.29) is 5.97 Å². The number of thiophene rings is 1. The van der Waals surface area contributed by atoms with Crippen molar-refractivity contribution >= 4 is 23.0 Å². The lowest BCUT2D eigenvalue weighted by Gasteiger charge is -2.12. The van der Waals surface area contributed by atoms with Gasteiger partial charge in [-0.3, -0.25) is 0 Å². The molecule has 1 N–H and O–H groups in total. The van der Waals surface area contributed by atoms with Crippen molar-refractivity contribution in [2.24, 2.45) is 0 Å². The predicted molar refractivity (Wildman–Crippen MR) is 78.9 cm³/mol. The second-order valence-corrected chi connectivity index (χ2v) is 5.35. The normalized spacial score (nSPS) is 10.3. The first kappa shape index (κ1) is 13.6. The van der Waals surface area contributed by atoms with Crippen LogP contribution in [0.4, 0.5) is 5.69 Å². The van der Waals surface area contributed by atoms with Crippen LogP contribution in [0, 0.1) is 13.8 Å². The molecule has 0 fully saturated rings. The third kappa shape index (κ3) is 2.96. The Morgan fingerprint density at radius 1 is 1.32 bits per heavy atom. The highest BCUT2D eigenvalue weighted by Gasteiger charge is 2.11. The molecule has 0 bridgehead atoms. The van der Waals surface area contributed by atoms with Crippen LogP contribution in [-0.4, -0.2) is 13.1 Å². The van der Waals surface area contributed by atoms with Gasteiger partial charge in [-0.25, -0.2) is 4.79 Å². The van der Waals surface area contributed by atoms with E-state index in [1.807, 2.05) is 19.1 Å². The van der Waals surface area contributed by atoms with Crippen LogP contribution in [0.3, 0.4) is 0 Å². The molecule has 0 aliphatic rings. The van der Waals surface area contributed by atoms with Gasteiger partial charge in [-0.2, -0.15) is 0 Å². The Labute approximate surface area is 117 Å². The molecule has 0 amide bonds. The summed E-state index contributed by atoms with van der Waals surface area (Å²) in [5.74, 6) is -0.298. The SMILES string of the molecule is COC(=O)c1cccc(NCc2sccc2C)c1C. The summed E-state index contributed by atoms with van der Waals surface area (Å²) in [6, 6.07) is 7.73. The Bertz CT molecular complexity index is 590. The van der Waals surface area contributed by atoms with Gasteiger partial charge in [-0.15, -0.1) is 11.3 Å². The predicted octanol–water partition coefficient (Wildman–Crippen LogP) is 3.76. The van der Waals surface area contributed by atoms with Gasteiger partial charge in [0.05, 0.1) is 12.7 Å². The van der Waals surface area contributed by atoms with Crippen molar-refractivity contribution in [3.05, 3.63) is 51.2 Å². The molecule has 0 aliphatic heterocycles. The van der Waals surface area contributed by atoms with Crippen LogP contribution in [0.1, 0.15) is 26.4 Å². The van der Waals surface area contributed by atoms with Crippen LogP contribution in [0.5, 0.6) is 0 Å². The van der Waals surface area contributed by atoms with Gasteiger partial charge in [0.15, 0.2) is 0 Å². The van der Waals surface area contributed by atoms with Crippen LogP contribution in [0.25, 0.3) is 0 Å². The minimum atomic E-state index is -0.298. The molecule has 19 heavy (non-hydrogen) atoms. The summed E-state index contributed by atoms with van der Waals surface area (Å²) in [5.41, 5.74) is 3.79. The second kappa shape index (κ2) is 5.89. The van der Waals surface area contributed by atoms with E-state index in [1.54, 1.807) is 17.4 Å². The summed E-state index contributed by atoms with van der Waals surface area (Å²) in [5, 5.41) is 5.47. The molecule has 0 aliphatic carbocycles. The van der Waals surface area contributed by atoms with E-state index in [2.05, 4.69) is 23.7 Å². The third-order valence-corrected chi connectivity index (χ3v) is 4.17. The molecule has 3 nitrogen and oxygen atoms in total. The molecule has 0 radical (unpaired) electrons. The number of hydrogen-bond donors (Lipinski definition) is 1. The van der Waals surface area contributed by atoms with Crippen LogP contribution >= 0.6 is 11.3 Å². The van der Waals surface area contributed by atoms with E-state index < -0.39 is 0 Å². The first-order valence-electron chi connectivity index (χ1n) is 6.08. The van der Waals surface area contributed by atoms with Crippen LogP contribution in [0.15, 0.2) is 29.6 Å². The molecule has 0 saturated heterocycles. The third-order valence-electron chi connectivity index (χ3n) is 3.15. The zero-order valence-electron chi connectivity index (χ0n) is 11.3. The zero-order chi connectivity index (χ0) is 13.8. The minimum Gasteiger partial charge on any atom is -0.465 e. The van der Waals surface area contributed by atoms with E-state index in [9.17, 15) is 4.79 Å². The Morgan fingerprint density at radius 2 is 2.11 bits per heavy atom. The minimum absolute atomic E-state index is 0.298. The molecule has 0 saturated carbocycles. The summed E-state index contributed by atoms with van der Waals surface area (Å²) in [6.45, 7) is 4.80. The number of carbonyl (C=O) groups excluding carboxylic acids is 1. The Balaban J connectivity index is 2.17. The fourth-order valence-corrected chi connectivity index (χ4v) is 2.76. The van der Waals surface area contributed by atoms with Gasteiger partial charge in [0, 0.05) is 17.1 Å². The van der Waals surface area contributed by atoms with Gasteiger partial charge >= 0.3 is 5.97 Å². The number of nitrogens with one attached hydrogen (secondary N) is 1. The number of aryl methyl sites for hydroxylation is 1. The first-order chi connectivity index (χ1) is 9.13. The highest BCUT2D eigenvalue weighted by Crippen LogP contribution is 2.22. The largest absolute Gasteiger partial charge is 0.465 e. The molecule has 2 rings (SSSR count). The molecule has 1 aromatic heterocycles. The van der Waals surface area contributed by atoms with E-state index in [4.69, 9.17) is 4.74 Å². The van der Waals surface area contributed by atoms with Crippen molar-refractivity contribution in [2.45, 2.75) is 20.4 Å². The topological polar surface area (TPSA) is 38.3 Å². The molecule has 0 unspecified atom stereocenters. The number of anilines is 1. The van der Waals surface area contributed by atoms with Crippen molar-refractivity contribution in [1.29, 1.82) is 0 Å². The first-order valence-corrected chi connectivity index (χ1v) is 6.96. The summed E-state index contributed by atoms with van der Waals surface area (Å²) < 4.78 is 4.78. The summed E-state index contributed by atoms with van der Waals surface area (Å²) in [4.78, 5) is 12.9. The maximum absolute atomic E-state index is 11.6. The number of esters is 1. The number of carbonyl (C=O) groups is 1. The van der Waals surface area contributed by atoms with Crippen LogP contribution in [-0.2, 0) is 11.3 Å². The van der Waals surface area contributed by atoms with Crippen molar-refractivity contribution in [1.82, 2.24) is 0 Å². The molecule has 0 atom stereocenters. The van der Waals surface area contributed by atoms with Gasteiger partial charge in [-0.05, 0) is 48.6 Å². The average molecular weight is 275 g/mol. The van der Waals surface area contributed by atoms with Crippen LogP contribution in [0.2, 0.25) is 0 Å². The molecule has 100 valence electrons. The lowest BCUT2D eigenvalue weighted by Crippen LogP contribution is -2.07. The molecule has 0 spiro atoms. The fraction of sp³-hybridized carbons (Fsp3) is 0.267. The quantitative estimate of drug-likeness (QED) is 0.863. The molecule has 4 heteroatoms. The number of rotatable bonds is 4. The Kier molecular flexibility index (Phi) is 4.22. The monoisotopic (exact) mass is 275 g/mol. The standard InChI is InChI=1S/C15H17NO2S/c1-10-7-8-19-14(10)9-16-13-6-4-5-12(11(13)2)15(17)18-3/h4-8,16H,9H2,1-3H3. The van der Waals surface area contributed by atoms with E-state index >= 15 is 0 Å². The van der Waals surface area contributed by atoms with Crippen molar-refractivity contribution in [2.75, 3.05) is 12.4 Å². The van der Waals surface area contributed by atoms with Gasteiger partial charge < -0.3 is 10.1 Å². The van der Waals surface area contributed by atoms with Gasteiger partial charge in [0.25, 0.3) is 0 Å². The molecular formula is C15H17NO2S. The number of hydrogen-bond acceptors (Lipinski definition) is 4. The average Bonchev–Trinajstić information content (AvgIpc) is 2.82. The van der Waals surface area contributed by atoms with Gasteiger partial charge in [-0.1, -0.05) is 6.07 Å². The second-order valence-electron chi connectivity index (χ2n) is 4.35. The molecule has 2 aromatic rings. The van der Waals surface area contributed by atoms with Crippen molar-refractivity contribution < 1.29 is 9.53 Å². The van der Waals surface area contributed by atoms with Crippen LogP contribution < -0.4 is 5.32 Å². The highest BCUT2D eigenvalue weighted by molar-refractivity contribution is 7.10. The summed E-state index contributed by atoms with van der Waals surface area (Å²) in [6.07, 6.45) is 0. The van der Waals surface area contributed by atoms with E-state index in [0.717, 1.165) is 17.8 Å². The lowest BCUT2D eigenvalue weighted by molar-refractivity contribution is 0.0600. The Morgan fingerprint density at radius 3 is 2.74 bits per heavy atom. The summed E-state index contributed by atoms with van der Waals surface area (Å²) in [7, 11) is 1.40. The van der Waals surface area contributed by atoms with Crippen molar-refractivity contribution in [3.63, 3.8) is 0 Å². The van der Waals surface area contributed by atoms with Crippen molar-refractivity contribution in [3.8, 4) is 0 Å². The van der Waals surface area contributed by atoms with E-state index in [1.165, 1.54) is 17.6 Å². The maximum atomic E-state index is 11.6.